The largest absolute Gasteiger partial charge is 0.481 e. The van der Waals surface area contributed by atoms with Gasteiger partial charge in [0.05, 0.1) is 0 Å². The van der Waals surface area contributed by atoms with Crippen molar-refractivity contribution in [3.8, 4) is 0 Å². The molecular weight excluding hydrogens is 236 g/mol. The molecule has 18 heavy (non-hydrogen) atoms. The summed E-state index contributed by atoms with van der Waals surface area (Å²) in [5.74, 6) is -0.836. The van der Waals surface area contributed by atoms with Crippen molar-refractivity contribution in [3.05, 3.63) is 0 Å². The van der Waals surface area contributed by atoms with Crippen LogP contribution in [0.15, 0.2) is 0 Å². The maximum atomic E-state index is 11.5. The van der Waals surface area contributed by atoms with Gasteiger partial charge in [-0.1, -0.05) is 6.92 Å². The monoisotopic (exact) mass is 260 g/mol. The van der Waals surface area contributed by atoms with Crippen molar-refractivity contribution < 1.29 is 19.4 Å². The highest BCUT2D eigenvalue weighted by Gasteiger charge is 2.07. The number of hydrogen-bond acceptors (Lipinski definition) is 3. The van der Waals surface area contributed by atoms with Crippen LogP contribution in [0, 0.1) is 0 Å². The minimum atomic E-state index is -0.836. The lowest BCUT2D eigenvalue weighted by Crippen LogP contribution is -2.38. The molecule has 0 aromatic rings. The van der Waals surface area contributed by atoms with Gasteiger partial charge >= 0.3 is 12.0 Å². The zero-order valence-corrected chi connectivity index (χ0v) is 11.3. The molecule has 0 aromatic carbocycles. The third kappa shape index (κ3) is 9.89. The number of hydrogen-bond donors (Lipinski definition) is 2. The fraction of sp³-hybridized carbons (Fsp3) is 0.833. The molecule has 0 unspecified atom stereocenters. The minimum Gasteiger partial charge on any atom is -0.481 e. The lowest BCUT2D eigenvalue weighted by atomic mass is 10.3. The van der Waals surface area contributed by atoms with Crippen LogP contribution in [0.2, 0.25) is 0 Å². The normalized spacial score (nSPS) is 10.1. The molecule has 2 amide bonds. The second kappa shape index (κ2) is 10.8. The number of rotatable bonds is 10. The van der Waals surface area contributed by atoms with E-state index in [0.29, 0.717) is 26.1 Å². The molecule has 0 atom stereocenters. The molecule has 106 valence electrons. The molecular formula is C12H24N2O4. The zero-order valence-electron chi connectivity index (χ0n) is 11.3. The van der Waals surface area contributed by atoms with Crippen molar-refractivity contribution in [1.29, 1.82) is 0 Å². The first-order chi connectivity index (χ1) is 8.57. The molecule has 0 saturated heterocycles. The fourth-order valence-electron chi connectivity index (χ4n) is 1.32. The van der Waals surface area contributed by atoms with Crippen LogP contribution in [0.25, 0.3) is 0 Å². The fourth-order valence-corrected chi connectivity index (χ4v) is 1.32. The Hall–Kier alpha value is -1.30. The summed E-state index contributed by atoms with van der Waals surface area (Å²) in [5, 5.41) is 11.2. The molecule has 0 heterocycles. The number of nitrogens with one attached hydrogen (secondary N) is 1. The van der Waals surface area contributed by atoms with E-state index in [9.17, 15) is 9.59 Å². The van der Waals surface area contributed by atoms with E-state index in [1.54, 1.807) is 7.05 Å². The Labute approximate surface area is 108 Å². The van der Waals surface area contributed by atoms with E-state index in [1.807, 2.05) is 6.92 Å². The Kier molecular flexibility index (Phi) is 10.0. The van der Waals surface area contributed by atoms with Crippen LogP contribution in [0.5, 0.6) is 0 Å². The molecule has 0 aliphatic heterocycles. The van der Waals surface area contributed by atoms with E-state index in [4.69, 9.17) is 9.84 Å². The number of urea groups is 1. The predicted octanol–water partition coefficient (Wildman–Crippen LogP) is 1.31. The lowest BCUT2D eigenvalue weighted by Gasteiger charge is -2.17. The number of carboxylic acid groups (broad SMARTS) is 1. The summed E-state index contributed by atoms with van der Waals surface area (Å²) in [6, 6.07) is -0.170. The molecule has 6 heteroatoms. The van der Waals surface area contributed by atoms with Gasteiger partial charge in [0.1, 0.15) is 0 Å². The first kappa shape index (κ1) is 16.7. The number of carbonyl (C=O) groups is 2. The maximum Gasteiger partial charge on any atom is 0.317 e. The number of aliphatic carboxylic acids is 1. The van der Waals surface area contributed by atoms with Crippen LogP contribution in [0.3, 0.4) is 0 Å². The molecule has 2 N–H and O–H groups in total. The summed E-state index contributed by atoms with van der Waals surface area (Å²) in [4.78, 5) is 23.3. The predicted molar refractivity (Wildman–Crippen MR) is 68.6 cm³/mol. The van der Waals surface area contributed by atoms with Crippen LogP contribution in [0.4, 0.5) is 4.79 Å². The SMILES string of the molecule is CCCOCCCNC(=O)N(C)CCCC(=O)O. The highest BCUT2D eigenvalue weighted by Crippen LogP contribution is 1.93. The quantitative estimate of drug-likeness (QED) is 0.580. The Morgan fingerprint density at radius 1 is 1.28 bits per heavy atom. The second-order valence-electron chi connectivity index (χ2n) is 4.12. The van der Waals surface area contributed by atoms with E-state index in [2.05, 4.69) is 5.32 Å². The first-order valence-corrected chi connectivity index (χ1v) is 6.36. The second-order valence-corrected chi connectivity index (χ2v) is 4.12. The molecule has 0 fully saturated rings. The van der Waals surface area contributed by atoms with Gasteiger partial charge in [0.2, 0.25) is 0 Å². The summed E-state index contributed by atoms with van der Waals surface area (Å²) in [5.41, 5.74) is 0. The Morgan fingerprint density at radius 2 is 2.00 bits per heavy atom. The van der Waals surface area contributed by atoms with Crippen molar-refractivity contribution in [2.45, 2.75) is 32.6 Å². The van der Waals surface area contributed by atoms with Crippen LogP contribution >= 0.6 is 0 Å². The summed E-state index contributed by atoms with van der Waals surface area (Å²) in [7, 11) is 1.66. The summed E-state index contributed by atoms with van der Waals surface area (Å²) in [6.45, 7) is 4.48. The number of ether oxygens (including phenoxy) is 1. The van der Waals surface area contributed by atoms with Crippen LogP contribution < -0.4 is 5.32 Å². The number of nitrogens with zero attached hydrogens (tertiary/aromatic N) is 1. The maximum absolute atomic E-state index is 11.5. The van der Waals surface area contributed by atoms with E-state index in [1.165, 1.54) is 4.90 Å². The Balaban J connectivity index is 3.47. The summed E-state index contributed by atoms with van der Waals surface area (Å²) in [6.07, 6.45) is 2.34. The average Bonchev–Trinajstić information content (AvgIpc) is 2.32. The third-order valence-electron chi connectivity index (χ3n) is 2.32. The van der Waals surface area contributed by atoms with E-state index < -0.39 is 5.97 Å². The van der Waals surface area contributed by atoms with Crippen LogP contribution in [0.1, 0.15) is 32.6 Å². The summed E-state index contributed by atoms with van der Waals surface area (Å²) >= 11 is 0. The van der Waals surface area contributed by atoms with Gasteiger partial charge < -0.3 is 20.1 Å². The Morgan fingerprint density at radius 3 is 2.61 bits per heavy atom. The van der Waals surface area contributed by atoms with Gasteiger partial charge in [-0.3, -0.25) is 4.79 Å². The van der Waals surface area contributed by atoms with Crippen molar-refractivity contribution in [2.24, 2.45) is 0 Å². The highest BCUT2D eigenvalue weighted by atomic mass is 16.5. The molecule has 0 saturated carbocycles. The van der Waals surface area contributed by atoms with Gasteiger partial charge in [-0.2, -0.15) is 0 Å². The van der Waals surface area contributed by atoms with Crippen LogP contribution in [-0.4, -0.2) is 55.4 Å². The standard InChI is InChI=1S/C12H24N2O4/c1-3-9-18-10-5-7-13-12(17)14(2)8-4-6-11(15)16/h3-10H2,1-2H3,(H,13,17)(H,15,16). The molecule has 0 aromatic heterocycles. The number of carbonyl (C=O) groups excluding carboxylic acids is 1. The van der Waals surface area contributed by atoms with Gasteiger partial charge in [-0.05, 0) is 19.3 Å². The third-order valence-corrected chi connectivity index (χ3v) is 2.32. The molecule has 0 bridgehead atoms. The molecule has 0 rings (SSSR count). The van der Waals surface area contributed by atoms with Crippen molar-refractivity contribution >= 4 is 12.0 Å². The van der Waals surface area contributed by atoms with E-state index >= 15 is 0 Å². The minimum absolute atomic E-state index is 0.0858. The van der Waals surface area contributed by atoms with Gasteiger partial charge in [0.15, 0.2) is 0 Å². The molecule has 0 radical (unpaired) electrons. The van der Waals surface area contributed by atoms with Crippen LogP contribution in [-0.2, 0) is 9.53 Å². The Bertz CT molecular complexity index is 246. The van der Waals surface area contributed by atoms with Crippen molar-refractivity contribution in [2.75, 3.05) is 33.4 Å². The lowest BCUT2D eigenvalue weighted by molar-refractivity contribution is -0.137. The van der Waals surface area contributed by atoms with E-state index in [0.717, 1.165) is 19.4 Å². The molecule has 0 aliphatic rings. The summed E-state index contributed by atoms with van der Waals surface area (Å²) < 4.78 is 5.29. The first-order valence-electron chi connectivity index (χ1n) is 6.36. The van der Waals surface area contributed by atoms with Crippen molar-refractivity contribution in [1.82, 2.24) is 10.2 Å². The van der Waals surface area contributed by atoms with Gasteiger partial charge in [-0.15, -0.1) is 0 Å². The molecule has 0 spiro atoms. The van der Waals surface area contributed by atoms with Crippen molar-refractivity contribution in [3.63, 3.8) is 0 Å². The number of carboxylic acids is 1. The molecule has 6 nitrogen and oxygen atoms in total. The number of amides is 2. The van der Waals surface area contributed by atoms with Gasteiger partial charge in [0.25, 0.3) is 0 Å². The zero-order chi connectivity index (χ0) is 13.8. The average molecular weight is 260 g/mol. The highest BCUT2D eigenvalue weighted by molar-refractivity contribution is 5.73. The molecule has 0 aliphatic carbocycles. The topological polar surface area (TPSA) is 78.9 Å². The van der Waals surface area contributed by atoms with E-state index in [-0.39, 0.29) is 12.5 Å². The van der Waals surface area contributed by atoms with Gasteiger partial charge in [-0.25, -0.2) is 4.79 Å². The van der Waals surface area contributed by atoms with Gasteiger partial charge in [0, 0.05) is 39.8 Å². The smallest absolute Gasteiger partial charge is 0.317 e.